The quantitative estimate of drug-likeness (QED) is 0.488. The van der Waals surface area contributed by atoms with Crippen molar-refractivity contribution in [1.29, 1.82) is 0 Å². The Balaban J connectivity index is 2.95. The highest BCUT2D eigenvalue weighted by Crippen LogP contribution is 2.28. The minimum absolute atomic E-state index is 0.118. The molecule has 0 saturated heterocycles. The van der Waals surface area contributed by atoms with Gasteiger partial charge in [0.15, 0.2) is 0 Å². The van der Waals surface area contributed by atoms with Gasteiger partial charge in [0.2, 0.25) is 0 Å². The van der Waals surface area contributed by atoms with E-state index in [4.69, 9.17) is 0 Å². The number of nitro benzene ring substituents is 2. The van der Waals surface area contributed by atoms with Crippen molar-refractivity contribution < 1.29 is 9.85 Å². The molecule has 0 aliphatic heterocycles. The van der Waals surface area contributed by atoms with Gasteiger partial charge in [0.05, 0.1) is 15.9 Å². The molecule has 20 heavy (non-hydrogen) atoms. The van der Waals surface area contributed by atoms with Gasteiger partial charge in [-0.1, -0.05) is 20.8 Å². The lowest BCUT2D eigenvalue weighted by Gasteiger charge is -2.09. The number of rotatable bonds is 6. The van der Waals surface area contributed by atoms with Gasteiger partial charge in [-0.15, -0.1) is 0 Å². The van der Waals surface area contributed by atoms with Crippen molar-refractivity contribution >= 4 is 23.3 Å². The number of nitro groups is 2. The Bertz CT molecular complexity index is 542. The van der Waals surface area contributed by atoms with Crippen LogP contribution in [-0.2, 0) is 0 Å². The molecule has 0 aliphatic rings. The molecule has 0 aliphatic carbocycles. The molecular formula is C12H16N4O4. The van der Waals surface area contributed by atoms with Crippen LogP contribution in [0.5, 0.6) is 0 Å². The Kier molecular flexibility index (Phi) is 5.13. The van der Waals surface area contributed by atoms with E-state index in [2.05, 4.69) is 10.5 Å². The second-order valence-electron chi connectivity index (χ2n) is 4.71. The highest BCUT2D eigenvalue weighted by Gasteiger charge is 2.19. The Labute approximate surface area is 115 Å². The summed E-state index contributed by atoms with van der Waals surface area (Å²) in [5, 5.41) is 25.4. The number of anilines is 1. The molecule has 8 nitrogen and oxygen atoms in total. The van der Waals surface area contributed by atoms with Crippen LogP contribution in [0.25, 0.3) is 0 Å². The molecule has 0 radical (unpaired) electrons. The Morgan fingerprint density at radius 3 is 2.35 bits per heavy atom. The van der Waals surface area contributed by atoms with Crippen LogP contribution in [0.3, 0.4) is 0 Å². The molecular weight excluding hydrogens is 264 g/mol. The van der Waals surface area contributed by atoms with Crippen LogP contribution in [0.2, 0.25) is 0 Å². The van der Waals surface area contributed by atoms with E-state index in [9.17, 15) is 20.2 Å². The summed E-state index contributed by atoms with van der Waals surface area (Å²) in [4.78, 5) is 20.1. The minimum atomic E-state index is -0.684. The van der Waals surface area contributed by atoms with Crippen LogP contribution in [0, 0.1) is 32.1 Å². The lowest BCUT2D eigenvalue weighted by Crippen LogP contribution is -2.06. The van der Waals surface area contributed by atoms with E-state index in [0.717, 1.165) is 6.07 Å². The fraction of sp³-hybridized carbons (Fsp3) is 0.417. The van der Waals surface area contributed by atoms with Gasteiger partial charge in [-0.25, -0.2) is 0 Å². The molecule has 1 rings (SSSR count). The normalized spacial score (nSPS) is 12.6. The van der Waals surface area contributed by atoms with Crippen molar-refractivity contribution in [2.24, 2.45) is 16.9 Å². The summed E-state index contributed by atoms with van der Waals surface area (Å²) in [6.45, 7) is 6.04. The molecule has 0 fully saturated rings. The first-order valence-corrected chi connectivity index (χ1v) is 6.05. The maximum atomic E-state index is 10.9. The van der Waals surface area contributed by atoms with E-state index in [-0.39, 0.29) is 23.0 Å². The first-order valence-electron chi connectivity index (χ1n) is 6.05. The average Bonchev–Trinajstić information content (AvgIpc) is 2.38. The number of benzene rings is 1. The van der Waals surface area contributed by atoms with Gasteiger partial charge in [0, 0.05) is 12.3 Å². The molecule has 1 N–H and O–H groups in total. The average molecular weight is 280 g/mol. The summed E-state index contributed by atoms with van der Waals surface area (Å²) in [7, 11) is 0. The van der Waals surface area contributed by atoms with Gasteiger partial charge < -0.3 is 0 Å². The van der Waals surface area contributed by atoms with Crippen molar-refractivity contribution in [2.75, 3.05) is 5.43 Å². The number of nitrogens with zero attached hydrogens (tertiary/aromatic N) is 3. The zero-order chi connectivity index (χ0) is 15.3. The molecule has 0 spiro atoms. The third-order valence-electron chi connectivity index (χ3n) is 2.94. The lowest BCUT2D eigenvalue weighted by molar-refractivity contribution is -0.393. The van der Waals surface area contributed by atoms with Crippen molar-refractivity contribution in [2.45, 2.75) is 20.8 Å². The highest BCUT2D eigenvalue weighted by atomic mass is 16.6. The van der Waals surface area contributed by atoms with Crippen molar-refractivity contribution in [3.8, 4) is 0 Å². The topological polar surface area (TPSA) is 111 Å². The fourth-order valence-electron chi connectivity index (χ4n) is 1.28. The molecule has 0 amide bonds. The van der Waals surface area contributed by atoms with Gasteiger partial charge in [-0.2, -0.15) is 5.10 Å². The third-order valence-corrected chi connectivity index (χ3v) is 2.94. The zero-order valence-corrected chi connectivity index (χ0v) is 11.4. The summed E-state index contributed by atoms with van der Waals surface area (Å²) in [5.41, 5.74) is 1.96. The fourth-order valence-corrected chi connectivity index (χ4v) is 1.28. The SMILES string of the molecule is CC(C)[C@@H](C)/C=N/Nc1ccc([N+](=O)[O-])cc1[N+](=O)[O-]. The minimum Gasteiger partial charge on any atom is -0.272 e. The summed E-state index contributed by atoms with van der Waals surface area (Å²) in [6, 6.07) is 3.37. The van der Waals surface area contributed by atoms with Crippen LogP contribution >= 0.6 is 0 Å². The Morgan fingerprint density at radius 2 is 1.85 bits per heavy atom. The van der Waals surface area contributed by atoms with E-state index in [0.29, 0.717) is 5.92 Å². The van der Waals surface area contributed by atoms with Gasteiger partial charge in [-0.3, -0.25) is 25.7 Å². The van der Waals surface area contributed by atoms with Gasteiger partial charge in [-0.05, 0) is 17.9 Å². The van der Waals surface area contributed by atoms with E-state index in [1.54, 1.807) is 6.21 Å². The lowest BCUT2D eigenvalue weighted by atomic mass is 10.00. The second-order valence-corrected chi connectivity index (χ2v) is 4.71. The summed E-state index contributed by atoms with van der Waals surface area (Å²) >= 11 is 0. The summed E-state index contributed by atoms with van der Waals surface area (Å²) < 4.78 is 0. The molecule has 8 heteroatoms. The van der Waals surface area contributed by atoms with Gasteiger partial charge in [0.1, 0.15) is 5.69 Å². The van der Waals surface area contributed by atoms with Crippen LogP contribution in [-0.4, -0.2) is 16.1 Å². The number of non-ortho nitro benzene ring substituents is 1. The predicted molar refractivity (Wildman–Crippen MR) is 75.9 cm³/mol. The second kappa shape index (κ2) is 6.60. The first-order chi connectivity index (χ1) is 9.32. The molecule has 0 heterocycles. The molecule has 0 saturated carbocycles. The van der Waals surface area contributed by atoms with Crippen LogP contribution < -0.4 is 5.43 Å². The van der Waals surface area contributed by atoms with E-state index in [1.165, 1.54) is 12.1 Å². The maximum Gasteiger partial charge on any atom is 0.301 e. The molecule has 0 unspecified atom stereocenters. The standard InChI is InChI=1S/C12H16N4O4/c1-8(2)9(3)7-13-14-11-5-4-10(15(17)18)6-12(11)16(19)20/h4-9,14H,1-3H3/b13-7+/t9-/m0/s1. The molecule has 108 valence electrons. The zero-order valence-electron chi connectivity index (χ0n) is 11.4. The third kappa shape index (κ3) is 4.01. The molecule has 1 aromatic rings. The van der Waals surface area contributed by atoms with E-state index in [1.807, 2.05) is 20.8 Å². The maximum absolute atomic E-state index is 10.9. The molecule has 1 aromatic carbocycles. The van der Waals surface area contributed by atoms with Gasteiger partial charge >= 0.3 is 5.69 Å². The predicted octanol–water partition coefficient (Wildman–Crippen LogP) is 3.19. The van der Waals surface area contributed by atoms with E-state index >= 15 is 0 Å². The van der Waals surface area contributed by atoms with Crippen LogP contribution in [0.1, 0.15) is 20.8 Å². The smallest absolute Gasteiger partial charge is 0.272 e. The number of hydrazone groups is 1. The summed E-state index contributed by atoms with van der Waals surface area (Å²) in [5.74, 6) is 0.604. The van der Waals surface area contributed by atoms with Crippen molar-refractivity contribution in [1.82, 2.24) is 0 Å². The highest BCUT2D eigenvalue weighted by molar-refractivity contribution is 5.68. The van der Waals surface area contributed by atoms with Crippen LogP contribution in [0.4, 0.5) is 17.1 Å². The van der Waals surface area contributed by atoms with Gasteiger partial charge in [0.25, 0.3) is 5.69 Å². The number of nitrogens with one attached hydrogen (secondary N) is 1. The Hall–Kier alpha value is -2.51. The monoisotopic (exact) mass is 280 g/mol. The Morgan fingerprint density at radius 1 is 1.20 bits per heavy atom. The first kappa shape index (κ1) is 15.5. The molecule has 1 atom stereocenters. The van der Waals surface area contributed by atoms with E-state index < -0.39 is 9.85 Å². The van der Waals surface area contributed by atoms with Crippen LogP contribution in [0.15, 0.2) is 23.3 Å². The number of hydrogen-bond acceptors (Lipinski definition) is 6. The largest absolute Gasteiger partial charge is 0.301 e. The summed E-state index contributed by atoms with van der Waals surface area (Å²) in [6.07, 6.45) is 1.65. The van der Waals surface area contributed by atoms with Crippen molar-refractivity contribution in [3.63, 3.8) is 0 Å². The number of hydrogen-bond donors (Lipinski definition) is 1. The molecule has 0 aromatic heterocycles. The van der Waals surface area contributed by atoms with Crippen molar-refractivity contribution in [3.05, 3.63) is 38.4 Å². The molecule has 0 bridgehead atoms.